The van der Waals surface area contributed by atoms with Crippen LogP contribution < -0.4 is 10.6 Å². The van der Waals surface area contributed by atoms with E-state index in [1.165, 1.54) is 0 Å². The van der Waals surface area contributed by atoms with Crippen molar-refractivity contribution in [3.63, 3.8) is 0 Å². The summed E-state index contributed by atoms with van der Waals surface area (Å²) in [6.45, 7) is 0.766. The third kappa shape index (κ3) is 4.22. The molecule has 0 aliphatic rings. The molecule has 0 aliphatic heterocycles. The normalized spacial score (nSPS) is 10.9. The number of aromatic nitrogens is 2. The molecule has 2 N–H and O–H groups in total. The molecule has 5 rings (SSSR count). The molecule has 158 valence electrons. The van der Waals surface area contributed by atoms with Crippen molar-refractivity contribution in [1.29, 1.82) is 0 Å². The van der Waals surface area contributed by atoms with Crippen LogP contribution in [0.5, 0.6) is 0 Å². The number of nitrogens with zero attached hydrogens (tertiary/aromatic N) is 2. The first-order valence-electron chi connectivity index (χ1n) is 10.2. The van der Waals surface area contributed by atoms with Crippen molar-refractivity contribution in [2.24, 2.45) is 0 Å². The fraction of sp³-hybridized carbons (Fsp3) is 0.0800. The summed E-state index contributed by atoms with van der Waals surface area (Å²) in [7, 11) is 0. The largest absolute Gasteiger partial charge is 0.467 e. The predicted molar refractivity (Wildman–Crippen MR) is 121 cm³/mol. The average Bonchev–Trinajstić information content (AvgIpc) is 3.51. The van der Waals surface area contributed by atoms with Crippen LogP contribution in [0.4, 0.5) is 5.82 Å². The summed E-state index contributed by atoms with van der Waals surface area (Å²) in [5.74, 6) is 1.52. The van der Waals surface area contributed by atoms with Crippen LogP contribution >= 0.6 is 0 Å². The van der Waals surface area contributed by atoms with Gasteiger partial charge in [-0.05, 0) is 48.0 Å². The van der Waals surface area contributed by atoms with Gasteiger partial charge in [0.2, 0.25) is 0 Å². The van der Waals surface area contributed by atoms with Gasteiger partial charge in [0.05, 0.1) is 18.4 Å². The molecule has 32 heavy (non-hydrogen) atoms. The lowest BCUT2D eigenvalue weighted by molar-refractivity contribution is 0.0948. The highest BCUT2D eigenvalue weighted by atomic mass is 16.3. The van der Waals surface area contributed by atoms with Crippen LogP contribution in [0.3, 0.4) is 0 Å². The molecule has 0 fully saturated rings. The van der Waals surface area contributed by atoms with E-state index in [-0.39, 0.29) is 5.91 Å². The zero-order chi connectivity index (χ0) is 21.8. The molecule has 0 spiro atoms. The van der Waals surface area contributed by atoms with E-state index in [9.17, 15) is 4.79 Å². The highest BCUT2D eigenvalue weighted by Crippen LogP contribution is 2.28. The number of pyridine rings is 2. The fourth-order valence-corrected chi connectivity index (χ4v) is 3.39. The van der Waals surface area contributed by atoms with E-state index >= 15 is 0 Å². The summed E-state index contributed by atoms with van der Waals surface area (Å²) in [6, 6.07) is 20.7. The van der Waals surface area contributed by atoms with E-state index in [0.29, 0.717) is 41.7 Å². The van der Waals surface area contributed by atoms with Crippen LogP contribution in [0.25, 0.3) is 22.4 Å². The first-order valence-corrected chi connectivity index (χ1v) is 10.2. The van der Waals surface area contributed by atoms with Crippen molar-refractivity contribution in [2.75, 3.05) is 5.32 Å². The minimum absolute atomic E-state index is 0.251. The molecule has 1 aromatic carbocycles. The predicted octanol–water partition coefficient (Wildman–Crippen LogP) is 5.02. The molecular formula is C25H20N4O3. The third-order valence-corrected chi connectivity index (χ3v) is 5.00. The molecule has 0 atom stereocenters. The minimum atomic E-state index is -0.251. The second-order valence-electron chi connectivity index (χ2n) is 7.22. The van der Waals surface area contributed by atoms with Gasteiger partial charge in [0.25, 0.3) is 5.91 Å². The molecule has 1 amide bonds. The lowest BCUT2D eigenvalue weighted by Crippen LogP contribution is -2.24. The standard InChI is InChI=1S/C25H20N4O3/c30-25(28-16-19-7-4-12-31-19)20-9-10-21(23-13-18-6-1-2-8-22(18)32-23)29-24(20)27-15-17-5-3-11-26-14-17/h1-14H,15-16H2,(H,27,29)(H,28,30). The Bertz CT molecular complexity index is 1310. The zero-order valence-corrected chi connectivity index (χ0v) is 17.1. The number of carbonyl (C=O) groups excluding carboxylic acids is 1. The monoisotopic (exact) mass is 424 g/mol. The Morgan fingerprint density at radius 2 is 1.91 bits per heavy atom. The van der Waals surface area contributed by atoms with Crippen molar-refractivity contribution >= 4 is 22.7 Å². The Balaban J connectivity index is 1.44. The fourth-order valence-electron chi connectivity index (χ4n) is 3.39. The quantitative estimate of drug-likeness (QED) is 0.381. The third-order valence-electron chi connectivity index (χ3n) is 5.00. The van der Waals surface area contributed by atoms with Gasteiger partial charge in [-0.3, -0.25) is 9.78 Å². The number of para-hydroxylation sites is 1. The number of fused-ring (bicyclic) bond motifs is 1. The van der Waals surface area contributed by atoms with Gasteiger partial charge in [-0.25, -0.2) is 4.98 Å². The van der Waals surface area contributed by atoms with E-state index < -0.39 is 0 Å². The molecule has 7 heteroatoms. The Morgan fingerprint density at radius 3 is 2.72 bits per heavy atom. The van der Waals surface area contributed by atoms with Crippen molar-refractivity contribution in [2.45, 2.75) is 13.1 Å². The van der Waals surface area contributed by atoms with Gasteiger partial charge in [-0.1, -0.05) is 24.3 Å². The maximum absolute atomic E-state index is 12.9. The van der Waals surface area contributed by atoms with Crippen molar-refractivity contribution in [3.05, 3.63) is 102 Å². The SMILES string of the molecule is O=C(NCc1ccco1)c1ccc(-c2cc3ccccc3o2)nc1NCc1cccnc1. The van der Waals surface area contributed by atoms with Crippen molar-refractivity contribution in [1.82, 2.24) is 15.3 Å². The molecule has 0 radical (unpaired) electrons. The van der Waals surface area contributed by atoms with E-state index in [0.717, 1.165) is 16.5 Å². The van der Waals surface area contributed by atoms with Crippen LogP contribution in [0.15, 0.2) is 94.2 Å². The number of amides is 1. The van der Waals surface area contributed by atoms with Crippen molar-refractivity contribution in [3.8, 4) is 11.5 Å². The second-order valence-corrected chi connectivity index (χ2v) is 7.22. The Labute approximate surface area is 184 Å². The van der Waals surface area contributed by atoms with Crippen molar-refractivity contribution < 1.29 is 13.6 Å². The van der Waals surface area contributed by atoms with E-state index in [2.05, 4.69) is 15.6 Å². The summed E-state index contributed by atoms with van der Waals surface area (Å²) < 4.78 is 11.3. The van der Waals surface area contributed by atoms with Gasteiger partial charge < -0.3 is 19.5 Å². The smallest absolute Gasteiger partial charge is 0.255 e. The number of carbonyl (C=O) groups is 1. The Hall–Kier alpha value is -4.39. The summed E-state index contributed by atoms with van der Waals surface area (Å²) >= 11 is 0. The highest BCUT2D eigenvalue weighted by Gasteiger charge is 2.16. The van der Waals surface area contributed by atoms with Gasteiger partial charge in [0.15, 0.2) is 5.76 Å². The Morgan fingerprint density at radius 1 is 0.969 bits per heavy atom. The number of furan rings is 2. The molecule has 0 aliphatic carbocycles. The van der Waals surface area contributed by atoms with Crippen LogP contribution in [0, 0.1) is 0 Å². The van der Waals surface area contributed by atoms with Crippen LogP contribution in [0.1, 0.15) is 21.7 Å². The second kappa shape index (κ2) is 8.77. The summed E-state index contributed by atoms with van der Waals surface area (Å²) in [5.41, 5.74) is 2.83. The van der Waals surface area contributed by atoms with E-state index in [1.54, 1.807) is 36.9 Å². The minimum Gasteiger partial charge on any atom is -0.467 e. The van der Waals surface area contributed by atoms with Gasteiger partial charge in [0, 0.05) is 24.3 Å². The average molecular weight is 424 g/mol. The van der Waals surface area contributed by atoms with Crippen LogP contribution in [0.2, 0.25) is 0 Å². The number of nitrogens with one attached hydrogen (secondary N) is 2. The first kappa shape index (κ1) is 19.6. The van der Waals surface area contributed by atoms with Crippen LogP contribution in [-0.4, -0.2) is 15.9 Å². The van der Waals surface area contributed by atoms with Gasteiger partial charge in [-0.15, -0.1) is 0 Å². The molecular weight excluding hydrogens is 404 g/mol. The van der Waals surface area contributed by atoms with Gasteiger partial charge in [-0.2, -0.15) is 0 Å². The number of hydrogen-bond donors (Lipinski definition) is 2. The highest BCUT2D eigenvalue weighted by molar-refractivity contribution is 5.99. The maximum atomic E-state index is 12.9. The van der Waals surface area contributed by atoms with E-state index in [4.69, 9.17) is 13.8 Å². The molecule has 5 aromatic rings. The lowest BCUT2D eigenvalue weighted by atomic mass is 10.1. The van der Waals surface area contributed by atoms with E-state index in [1.807, 2.05) is 48.5 Å². The molecule has 0 unspecified atom stereocenters. The number of hydrogen-bond acceptors (Lipinski definition) is 6. The molecule has 4 heterocycles. The summed E-state index contributed by atoms with van der Waals surface area (Å²) in [4.78, 5) is 21.7. The summed E-state index contributed by atoms with van der Waals surface area (Å²) in [6.07, 6.45) is 5.07. The molecule has 4 aromatic heterocycles. The first-order chi connectivity index (χ1) is 15.8. The Kier molecular flexibility index (Phi) is 5.36. The molecule has 0 bridgehead atoms. The number of rotatable bonds is 7. The molecule has 0 saturated carbocycles. The van der Waals surface area contributed by atoms with Gasteiger partial charge >= 0.3 is 0 Å². The molecule has 7 nitrogen and oxygen atoms in total. The maximum Gasteiger partial charge on any atom is 0.255 e. The zero-order valence-electron chi connectivity index (χ0n) is 17.1. The molecule has 0 saturated heterocycles. The number of benzene rings is 1. The van der Waals surface area contributed by atoms with Gasteiger partial charge in [0.1, 0.15) is 22.9 Å². The summed E-state index contributed by atoms with van der Waals surface area (Å²) in [5, 5.41) is 7.14. The lowest BCUT2D eigenvalue weighted by Gasteiger charge is -2.12. The topological polar surface area (TPSA) is 93.2 Å². The van der Waals surface area contributed by atoms with Crippen LogP contribution in [-0.2, 0) is 13.1 Å². The number of anilines is 1.